The van der Waals surface area contributed by atoms with E-state index in [2.05, 4.69) is 5.32 Å². The van der Waals surface area contributed by atoms with Crippen LogP contribution in [-0.4, -0.2) is 31.6 Å². The van der Waals surface area contributed by atoms with E-state index in [1.807, 2.05) is 4.90 Å². The highest BCUT2D eigenvalue weighted by molar-refractivity contribution is 5.96. The normalized spacial score (nSPS) is 18.0. The number of nitrogens with zero attached hydrogens (tertiary/aromatic N) is 1. The number of carbonyl (C=O) groups excluding carboxylic acids is 2. The second-order valence-corrected chi connectivity index (χ2v) is 7.06. The number of esters is 1. The third-order valence-corrected chi connectivity index (χ3v) is 5.08. The fourth-order valence-corrected chi connectivity index (χ4v) is 3.31. The number of nitrogens with one attached hydrogen (secondary N) is 1. The van der Waals surface area contributed by atoms with E-state index < -0.39 is 30.2 Å². The molecular formula is C19H23F3N2O3. The largest absolute Gasteiger partial charge is 0.455 e. The van der Waals surface area contributed by atoms with Crippen molar-refractivity contribution in [2.24, 2.45) is 5.92 Å². The van der Waals surface area contributed by atoms with Gasteiger partial charge in [0.2, 0.25) is 0 Å². The van der Waals surface area contributed by atoms with E-state index in [1.165, 1.54) is 6.07 Å². The highest BCUT2D eigenvalue weighted by Crippen LogP contribution is 2.36. The summed E-state index contributed by atoms with van der Waals surface area (Å²) in [6.07, 6.45) is 0.961. The molecule has 1 heterocycles. The number of amides is 1. The molecule has 1 aliphatic carbocycles. The summed E-state index contributed by atoms with van der Waals surface area (Å²) in [6, 6.07) is 3.36. The maximum Gasteiger partial charge on any atom is 0.416 e. The van der Waals surface area contributed by atoms with Gasteiger partial charge in [-0.2, -0.15) is 13.2 Å². The Morgan fingerprint density at radius 1 is 1.11 bits per heavy atom. The molecule has 1 saturated heterocycles. The van der Waals surface area contributed by atoms with Crippen LogP contribution in [0, 0.1) is 5.92 Å². The van der Waals surface area contributed by atoms with Gasteiger partial charge in [-0.3, -0.25) is 9.59 Å². The number of hydrogen-bond acceptors (Lipinski definition) is 4. The van der Waals surface area contributed by atoms with Gasteiger partial charge in [0.15, 0.2) is 6.61 Å². The Hall–Kier alpha value is -2.25. The van der Waals surface area contributed by atoms with E-state index in [9.17, 15) is 22.8 Å². The van der Waals surface area contributed by atoms with Crippen LogP contribution in [0.1, 0.15) is 44.1 Å². The zero-order valence-electron chi connectivity index (χ0n) is 15.0. The summed E-state index contributed by atoms with van der Waals surface area (Å²) in [6.45, 7) is 0.959. The number of anilines is 2. The van der Waals surface area contributed by atoms with Crippen LogP contribution < -0.4 is 10.2 Å². The van der Waals surface area contributed by atoms with Crippen LogP contribution in [0.25, 0.3) is 0 Å². The molecular weight excluding hydrogens is 361 g/mol. The fourth-order valence-electron chi connectivity index (χ4n) is 3.31. The molecule has 5 nitrogen and oxygen atoms in total. The Morgan fingerprint density at radius 2 is 1.81 bits per heavy atom. The Labute approximate surface area is 155 Å². The van der Waals surface area contributed by atoms with Crippen molar-refractivity contribution < 1.29 is 27.5 Å². The van der Waals surface area contributed by atoms with Crippen molar-refractivity contribution in [3.63, 3.8) is 0 Å². The number of halogens is 3. The van der Waals surface area contributed by atoms with Crippen molar-refractivity contribution in [3.8, 4) is 0 Å². The average Bonchev–Trinajstić information content (AvgIpc) is 2.58. The molecule has 0 unspecified atom stereocenters. The summed E-state index contributed by atoms with van der Waals surface area (Å²) in [5.41, 5.74) is -0.178. The Kier molecular flexibility index (Phi) is 5.92. The lowest BCUT2D eigenvalue weighted by atomic mass is 9.86. The maximum atomic E-state index is 13.1. The minimum atomic E-state index is -4.50. The van der Waals surface area contributed by atoms with Crippen molar-refractivity contribution >= 4 is 23.3 Å². The summed E-state index contributed by atoms with van der Waals surface area (Å²) < 4.78 is 44.2. The number of alkyl halides is 3. The van der Waals surface area contributed by atoms with E-state index in [0.717, 1.165) is 63.7 Å². The van der Waals surface area contributed by atoms with Crippen molar-refractivity contribution in [2.45, 2.75) is 44.7 Å². The van der Waals surface area contributed by atoms with Gasteiger partial charge in [0.1, 0.15) is 0 Å². The van der Waals surface area contributed by atoms with Gasteiger partial charge in [-0.25, -0.2) is 0 Å². The number of piperidine rings is 1. The quantitative estimate of drug-likeness (QED) is 0.781. The summed E-state index contributed by atoms with van der Waals surface area (Å²) in [7, 11) is 0. The van der Waals surface area contributed by atoms with Gasteiger partial charge in [0.25, 0.3) is 5.91 Å². The predicted octanol–water partition coefficient (Wildman–Crippen LogP) is 3.98. The van der Waals surface area contributed by atoms with Crippen LogP contribution in [0.2, 0.25) is 0 Å². The van der Waals surface area contributed by atoms with Crippen LogP contribution in [0.15, 0.2) is 18.2 Å². The summed E-state index contributed by atoms with van der Waals surface area (Å²) in [5, 5.41) is 2.49. The highest BCUT2D eigenvalue weighted by atomic mass is 19.4. The van der Waals surface area contributed by atoms with Gasteiger partial charge in [0, 0.05) is 13.1 Å². The lowest BCUT2D eigenvalue weighted by Gasteiger charge is -2.31. The maximum absolute atomic E-state index is 13.1. The van der Waals surface area contributed by atoms with Crippen LogP contribution in [0.3, 0.4) is 0 Å². The SMILES string of the molecule is O=C(COC(=O)C1CCC1)Nc1cc(C(F)(F)F)ccc1N1CCCCC1. The molecule has 8 heteroatoms. The van der Waals surface area contributed by atoms with Crippen molar-refractivity contribution in [1.29, 1.82) is 0 Å². The van der Waals surface area contributed by atoms with Crippen molar-refractivity contribution in [3.05, 3.63) is 23.8 Å². The fraction of sp³-hybridized carbons (Fsp3) is 0.579. The van der Waals surface area contributed by atoms with Gasteiger partial charge >= 0.3 is 12.1 Å². The Morgan fingerprint density at radius 3 is 2.41 bits per heavy atom. The molecule has 1 aromatic carbocycles. The smallest absolute Gasteiger partial charge is 0.416 e. The van der Waals surface area contributed by atoms with E-state index >= 15 is 0 Å². The first-order chi connectivity index (χ1) is 12.8. The van der Waals surface area contributed by atoms with Crippen LogP contribution >= 0.6 is 0 Å². The molecule has 1 amide bonds. The van der Waals surface area contributed by atoms with Gasteiger partial charge in [-0.1, -0.05) is 6.42 Å². The Balaban J connectivity index is 1.71. The summed E-state index contributed by atoms with van der Waals surface area (Å²) in [5.74, 6) is -1.22. The molecule has 1 saturated carbocycles. The number of rotatable bonds is 5. The van der Waals surface area contributed by atoms with Crippen LogP contribution in [-0.2, 0) is 20.5 Å². The van der Waals surface area contributed by atoms with Gasteiger partial charge in [-0.15, -0.1) is 0 Å². The standard InChI is InChI=1S/C19H23F3N2O3/c20-19(21,22)14-7-8-16(24-9-2-1-3-10-24)15(11-14)23-17(25)12-27-18(26)13-5-4-6-13/h7-8,11,13H,1-6,9-10,12H2,(H,23,25). The molecule has 3 rings (SSSR count). The minimum absolute atomic E-state index is 0.0939. The summed E-state index contributed by atoms with van der Waals surface area (Å²) >= 11 is 0. The van der Waals surface area contributed by atoms with E-state index in [1.54, 1.807) is 0 Å². The zero-order chi connectivity index (χ0) is 19.4. The Bertz CT molecular complexity index is 696. The number of hydrogen-bond donors (Lipinski definition) is 1. The lowest BCUT2D eigenvalue weighted by Crippen LogP contribution is -2.31. The molecule has 0 atom stereocenters. The number of ether oxygens (including phenoxy) is 1. The zero-order valence-corrected chi connectivity index (χ0v) is 15.0. The molecule has 0 spiro atoms. The molecule has 2 aliphatic rings. The van der Waals surface area contributed by atoms with Gasteiger partial charge in [0.05, 0.1) is 22.9 Å². The molecule has 27 heavy (non-hydrogen) atoms. The molecule has 2 fully saturated rings. The highest BCUT2D eigenvalue weighted by Gasteiger charge is 2.32. The number of carbonyl (C=O) groups is 2. The van der Waals surface area contributed by atoms with Crippen LogP contribution in [0.4, 0.5) is 24.5 Å². The monoisotopic (exact) mass is 384 g/mol. The van der Waals surface area contributed by atoms with Gasteiger partial charge < -0.3 is 15.0 Å². The van der Waals surface area contributed by atoms with Gasteiger partial charge in [-0.05, 0) is 50.3 Å². The van der Waals surface area contributed by atoms with E-state index in [0.29, 0.717) is 5.69 Å². The molecule has 0 bridgehead atoms. The second-order valence-electron chi connectivity index (χ2n) is 7.06. The van der Waals surface area contributed by atoms with E-state index in [-0.39, 0.29) is 11.6 Å². The average molecular weight is 384 g/mol. The first kappa shape index (κ1) is 19.5. The predicted molar refractivity (Wildman–Crippen MR) is 94.4 cm³/mol. The molecule has 1 N–H and O–H groups in total. The summed E-state index contributed by atoms with van der Waals surface area (Å²) in [4.78, 5) is 25.8. The number of benzene rings is 1. The first-order valence-corrected chi connectivity index (χ1v) is 9.27. The molecule has 148 valence electrons. The minimum Gasteiger partial charge on any atom is -0.455 e. The second kappa shape index (κ2) is 8.19. The lowest BCUT2D eigenvalue weighted by molar-refractivity contribution is -0.154. The molecule has 0 aromatic heterocycles. The molecule has 1 aliphatic heterocycles. The van der Waals surface area contributed by atoms with Crippen LogP contribution in [0.5, 0.6) is 0 Å². The third kappa shape index (κ3) is 4.93. The molecule has 0 radical (unpaired) electrons. The first-order valence-electron chi connectivity index (χ1n) is 9.27. The topological polar surface area (TPSA) is 58.6 Å². The van der Waals surface area contributed by atoms with E-state index in [4.69, 9.17) is 4.74 Å². The van der Waals surface area contributed by atoms with Crippen molar-refractivity contribution in [2.75, 3.05) is 29.9 Å². The van der Waals surface area contributed by atoms with Crippen molar-refractivity contribution in [1.82, 2.24) is 0 Å². The third-order valence-electron chi connectivity index (χ3n) is 5.08. The molecule has 1 aromatic rings.